The van der Waals surface area contributed by atoms with Gasteiger partial charge in [-0.25, -0.2) is 4.79 Å². The van der Waals surface area contributed by atoms with E-state index in [1.165, 1.54) is 7.11 Å². The maximum atomic E-state index is 11.5. The molecule has 0 N–H and O–H groups in total. The largest absolute Gasteiger partial charge is 0.466 e. The first kappa shape index (κ1) is 12.8. The molecule has 0 unspecified atom stereocenters. The lowest BCUT2D eigenvalue weighted by Gasteiger charge is -2.07. The van der Waals surface area contributed by atoms with Crippen molar-refractivity contribution in [3.05, 3.63) is 47.0 Å². The van der Waals surface area contributed by atoms with Crippen LogP contribution in [0.4, 0.5) is 0 Å². The fourth-order valence-electron chi connectivity index (χ4n) is 2.20. The summed E-state index contributed by atoms with van der Waals surface area (Å²) in [5.74, 6) is -0.203. The summed E-state index contributed by atoms with van der Waals surface area (Å²) >= 11 is 0. The monoisotopic (exact) mass is 246 g/mol. The standard InChI is InChI=1S/C15H18O3/c1-17-15(16)14-9-5-8-13(14)11-18-10-12-6-3-2-4-7-12/h2-4,6-7H,5,8-11H2,1H3. The molecule has 1 aliphatic carbocycles. The molecule has 3 heteroatoms. The molecule has 18 heavy (non-hydrogen) atoms. The minimum absolute atomic E-state index is 0.203. The van der Waals surface area contributed by atoms with E-state index < -0.39 is 0 Å². The highest BCUT2D eigenvalue weighted by Gasteiger charge is 2.21. The fourth-order valence-corrected chi connectivity index (χ4v) is 2.20. The van der Waals surface area contributed by atoms with Gasteiger partial charge in [-0.05, 0) is 30.4 Å². The minimum atomic E-state index is -0.203. The zero-order valence-electron chi connectivity index (χ0n) is 10.6. The van der Waals surface area contributed by atoms with Gasteiger partial charge in [0.25, 0.3) is 0 Å². The molecule has 0 bridgehead atoms. The number of methoxy groups -OCH3 is 1. The van der Waals surface area contributed by atoms with Crippen molar-refractivity contribution in [3.8, 4) is 0 Å². The Bertz CT molecular complexity index is 434. The second-order valence-corrected chi connectivity index (χ2v) is 4.41. The van der Waals surface area contributed by atoms with Gasteiger partial charge in [-0.3, -0.25) is 0 Å². The van der Waals surface area contributed by atoms with Gasteiger partial charge in [0.1, 0.15) is 0 Å². The van der Waals surface area contributed by atoms with E-state index in [-0.39, 0.29) is 5.97 Å². The van der Waals surface area contributed by atoms with Gasteiger partial charge in [0.05, 0.1) is 20.3 Å². The van der Waals surface area contributed by atoms with Crippen molar-refractivity contribution < 1.29 is 14.3 Å². The summed E-state index contributed by atoms with van der Waals surface area (Å²) in [5, 5.41) is 0. The van der Waals surface area contributed by atoms with Crippen LogP contribution in [0.3, 0.4) is 0 Å². The van der Waals surface area contributed by atoms with E-state index in [0.29, 0.717) is 13.2 Å². The Morgan fingerprint density at radius 2 is 1.94 bits per heavy atom. The molecule has 1 aliphatic rings. The number of rotatable bonds is 5. The lowest BCUT2D eigenvalue weighted by atomic mass is 10.1. The minimum Gasteiger partial charge on any atom is -0.466 e. The topological polar surface area (TPSA) is 35.5 Å². The first-order valence-electron chi connectivity index (χ1n) is 6.22. The lowest BCUT2D eigenvalue weighted by Crippen LogP contribution is -2.07. The van der Waals surface area contributed by atoms with Crippen LogP contribution in [0.2, 0.25) is 0 Å². The van der Waals surface area contributed by atoms with Gasteiger partial charge in [-0.15, -0.1) is 0 Å². The van der Waals surface area contributed by atoms with Crippen molar-refractivity contribution in [1.29, 1.82) is 0 Å². The Labute approximate surface area is 107 Å². The molecule has 0 saturated carbocycles. The molecule has 0 aromatic heterocycles. The second-order valence-electron chi connectivity index (χ2n) is 4.41. The van der Waals surface area contributed by atoms with Crippen LogP contribution in [-0.2, 0) is 20.9 Å². The van der Waals surface area contributed by atoms with Gasteiger partial charge in [-0.1, -0.05) is 30.3 Å². The third-order valence-electron chi connectivity index (χ3n) is 3.15. The molecule has 0 spiro atoms. The summed E-state index contributed by atoms with van der Waals surface area (Å²) in [4.78, 5) is 11.5. The molecule has 2 rings (SSSR count). The van der Waals surface area contributed by atoms with Gasteiger partial charge in [-0.2, -0.15) is 0 Å². The van der Waals surface area contributed by atoms with E-state index in [9.17, 15) is 4.79 Å². The average molecular weight is 246 g/mol. The molecule has 0 amide bonds. The maximum absolute atomic E-state index is 11.5. The summed E-state index contributed by atoms with van der Waals surface area (Å²) in [6.45, 7) is 1.11. The Morgan fingerprint density at radius 3 is 2.67 bits per heavy atom. The molecule has 0 atom stereocenters. The van der Waals surface area contributed by atoms with Gasteiger partial charge < -0.3 is 9.47 Å². The summed E-state index contributed by atoms with van der Waals surface area (Å²) in [5.41, 5.74) is 3.05. The SMILES string of the molecule is COC(=O)C1=C(COCc2ccccc2)CCC1. The predicted molar refractivity (Wildman–Crippen MR) is 69.0 cm³/mol. The normalized spacial score (nSPS) is 14.9. The number of carbonyl (C=O) groups is 1. The third kappa shape index (κ3) is 3.20. The Kier molecular flexibility index (Phi) is 4.53. The van der Waals surface area contributed by atoms with Crippen LogP contribution < -0.4 is 0 Å². The Balaban J connectivity index is 1.88. The number of esters is 1. The molecule has 1 aromatic carbocycles. The smallest absolute Gasteiger partial charge is 0.333 e. The first-order valence-corrected chi connectivity index (χ1v) is 6.22. The zero-order valence-corrected chi connectivity index (χ0v) is 10.6. The molecule has 0 fully saturated rings. The van der Waals surface area contributed by atoms with Gasteiger partial charge in [0, 0.05) is 5.57 Å². The van der Waals surface area contributed by atoms with E-state index in [1.807, 2.05) is 30.3 Å². The number of hydrogen-bond donors (Lipinski definition) is 0. The highest BCUT2D eigenvalue weighted by molar-refractivity contribution is 5.89. The lowest BCUT2D eigenvalue weighted by molar-refractivity contribution is -0.136. The predicted octanol–water partition coefficient (Wildman–Crippen LogP) is 2.86. The molecule has 1 aromatic rings. The van der Waals surface area contributed by atoms with Crippen LogP contribution in [0.5, 0.6) is 0 Å². The first-order chi connectivity index (χ1) is 8.81. The number of hydrogen-bond acceptors (Lipinski definition) is 3. The van der Waals surface area contributed by atoms with Crippen molar-refractivity contribution in [2.24, 2.45) is 0 Å². The average Bonchev–Trinajstić information content (AvgIpc) is 2.87. The summed E-state index contributed by atoms with van der Waals surface area (Å²) < 4.78 is 10.4. The van der Waals surface area contributed by atoms with E-state index in [1.54, 1.807) is 0 Å². The molecule has 0 aliphatic heterocycles. The highest BCUT2D eigenvalue weighted by atomic mass is 16.5. The molecule has 0 saturated heterocycles. The van der Waals surface area contributed by atoms with Crippen LogP contribution in [-0.4, -0.2) is 19.7 Å². The molecule has 0 radical (unpaired) electrons. The van der Waals surface area contributed by atoms with Gasteiger partial charge in [0.2, 0.25) is 0 Å². The van der Waals surface area contributed by atoms with Crippen LogP contribution in [0.25, 0.3) is 0 Å². The number of ether oxygens (including phenoxy) is 2. The van der Waals surface area contributed by atoms with E-state index >= 15 is 0 Å². The van der Waals surface area contributed by atoms with Gasteiger partial charge in [0.15, 0.2) is 0 Å². The van der Waals surface area contributed by atoms with Crippen molar-refractivity contribution in [2.75, 3.05) is 13.7 Å². The van der Waals surface area contributed by atoms with E-state index in [0.717, 1.165) is 36.0 Å². The summed E-state index contributed by atoms with van der Waals surface area (Å²) in [7, 11) is 1.43. The van der Waals surface area contributed by atoms with Crippen molar-refractivity contribution in [2.45, 2.75) is 25.9 Å². The van der Waals surface area contributed by atoms with Crippen LogP contribution in [0.1, 0.15) is 24.8 Å². The highest BCUT2D eigenvalue weighted by Crippen LogP contribution is 2.27. The van der Waals surface area contributed by atoms with Gasteiger partial charge >= 0.3 is 5.97 Å². The van der Waals surface area contributed by atoms with Crippen LogP contribution in [0.15, 0.2) is 41.5 Å². The molecule has 96 valence electrons. The van der Waals surface area contributed by atoms with Crippen LogP contribution >= 0.6 is 0 Å². The van der Waals surface area contributed by atoms with Crippen molar-refractivity contribution in [3.63, 3.8) is 0 Å². The maximum Gasteiger partial charge on any atom is 0.333 e. The van der Waals surface area contributed by atoms with E-state index in [4.69, 9.17) is 9.47 Å². The quantitative estimate of drug-likeness (QED) is 0.749. The number of benzene rings is 1. The fraction of sp³-hybridized carbons (Fsp3) is 0.400. The van der Waals surface area contributed by atoms with Crippen molar-refractivity contribution in [1.82, 2.24) is 0 Å². The molecular weight excluding hydrogens is 228 g/mol. The molecule has 3 nitrogen and oxygen atoms in total. The van der Waals surface area contributed by atoms with E-state index in [2.05, 4.69) is 0 Å². The Hall–Kier alpha value is -1.61. The second kappa shape index (κ2) is 6.36. The summed E-state index contributed by atoms with van der Waals surface area (Å²) in [6.07, 6.45) is 2.78. The van der Waals surface area contributed by atoms with Crippen LogP contribution in [0, 0.1) is 0 Å². The zero-order chi connectivity index (χ0) is 12.8. The van der Waals surface area contributed by atoms with Crippen molar-refractivity contribution >= 4 is 5.97 Å². The molecule has 0 heterocycles. The number of carbonyl (C=O) groups excluding carboxylic acids is 1. The third-order valence-corrected chi connectivity index (χ3v) is 3.15. The molecular formula is C15H18O3. The Morgan fingerprint density at radius 1 is 1.17 bits per heavy atom. The summed E-state index contributed by atoms with van der Waals surface area (Å²) in [6, 6.07) is 10.0.